The van der Waals surface area contributed by atoms with Crippen molar-refractivity contribution in [1.29, 1.82) is 0 Å². The highest BCUT2D eigenvalue weighted by molar-refractivity contribution is 5.99. The molecule has 8 nitrogen and oxygen atoms in total. The number of carbonyl (C=O) groups is 2. The van der Waals surface area contributed by atoms with Crippen LogP contribution in [-0.4, -0.2) is 44.3 Å². The van der Waals surface area contributed by atoms with E-state index in [-0.39, 0.29) is 30.8 Å². The molecule has 1 aliphatic heterocycles. The van der Waals surface area contributed by atoms with Crippen LogP contribution in [0.5, 0.6) is 11.5 Å². The van der Waals surface area contributed by atoms with Crippen LogP contribution in [-0.2, 0) is 14.3 Å². The van der Waals surface area contributed by atoms with Crippen LogP contribution < -0.4 is 25.8 Å². The highest BCUT2D eigenvalue weighted by Gasteiger charge is 2.35. The van der Waals surface area contributed by atoms with Crippen molar-refractivity contribution in [2.75, 3.05) is 37.6 Å². The molecular formula is C21H26ClN3O5. The van der Waals surface area contributed by atoms with Crippen LogP contribution in [0.25, 0.3) is 0 Å². The molecule has 0 atom stereocenters. The number of methoxy groups -OCH3 is 1. The van der Waals surface area contributed by atoms with Gasteiger partial charge in [0.15, 0.2) is 18.1 Å². The summed E-state index contributed by atoms with van der Waals surface area (Å²) in [7, 11) is 1.54. The quantitative estimate of drug-likeness (QED) is 0.616. The molecular weight excluding hydrogens is 410 g/mol. The Balaban J connectivity index is 0.00000320. The molecule has 3 rings (SSSR count). The Morgan fingerprint density at radius 2 is 1.67 bits per heavy atom. The maximum Gasteiger partial charge on any atom is 0.262 e. The summed E-state index contributed by atoms with van der Waals surface area (Å²) in [5, 5.41) is 5.57. The summed E-state index contributed by atoms with van der Waals surface area (Å²) in [5.74, 6) is 0.438. The molecule has 2 aromatic carbocycles. The van der Waals surface area contributed by atoms with Gasteiger partial charge in [-0.3, -0.25) is 9.59 Å². The number of halogens is 1. The zero-order chi connectivity index (χ0) is 20.7. The van der Waals surface area contributed by atoms with Crippen LogP contribution >= 0.6 is 12.4 Å². The number of carbonyl (C=O) groups excluding carboxylic acids is 2. The molecule has 0 saturated carbocycles. The Hall–Kier alpha value is -2.81. The molecule has 1 saturated heterocycles. The first-order chi connectivity index (χ1) is 14.0. The number of para-hydroxylation sites is 2. The van der Waals surface area contributed by atoms with Crippen LogP contribution in [0.1, 0.15) is 12.8 Å². The minimum Gasteiger partial charge on any atom is -0.493 e. The number of hydrogen-bond donors (Lipinski definition) is 3. The lowest BCUT2D eigenvalue weighted by Gasteiger charge is -2.31. The first kappa shape index (κ1) is 23.5. The van der Waals surface area contributed by atoms with E-state index in [1.165, 1.54) is 7.11 Å². The normalized spacial score (nSPS) is 14.7. The van der Waals surface area contributed by atoms with Gasteiger partial charge in [-0.1, -0.05) is 18.2 Å². The third-order valence-electron chi connectivity index (χ3n) is 4.67. The molecule has 2 amide bonds. The number of benzene rings is 2. The molecule has 1 heterocycles. The lowest BCUT2D eigenvalue weighted by molar-refractivity contribution is -0.124. The average molecular weight is 436 g/mol. The molecule has 1 fully saturated rings. The van der Waals surface area contributed by atoms with Gasteiger partial charge in [0.2, 0.25) is 5.91 Å². The van der Waals surface area contributed by atoms with E-state index in [1.54, 1.807) is 42.5 Å². The SMILES string of the molecule is COc1ccccc1OCC(=O)Nc1cccc(NC(=O)C2(N)CCOCC2)c1.Cl. The van der Waals surface area contributed by atoms with E-state index in [1.807, 2.05) is 6.07 Å². The first-order valence-corrected chi connectivity index (χ1v) is 9.34. The van der Waals surface area contributed by atoms with E-state index in [2.05, 4.69) is 10.6 Å². The molecule has 2 aromatic rings. The van der Waals surface area contributed by atoms with Gasteiger partial charge in [-0.2, -0.15) is 0 Å². The van der Waals surface area contributed by atoms with Crippen LogP contribution in [0.4, 0.5) is 11.4 Å². The maximum atomic E-state index is 12.5. The Morgan fingerprint density at radius 3 is 2.33 bits per heavy atom. The molecule has 0 radical (unpaired) electrons. The van der Waals surface area contributed by atoms with Crippen LogP contribution in [0, 0.1) is 0 Å². The minimum atomic E-state index is -0.944. The average Bonchev–Trinajstić information content (AvgIpc) is 2.73. The summed E-state index contributed by atoms with van der Waals surface area (Å²) in [6.45, 7) is 0.751. The largest absolute Gasteiger partial charge is 0.493 e. The summed E-state index contributed by atoms with van der Waals surface area (Å²) in [4.78, 5) is 24.8. The van der Waals surface area contributed by atoms with Crippen molar-refractivity contribution in [3.05, 3.63) is 48.5 Å². The van der Waals surface area contributed by atoms with Crippen molar-refractivity contribution < 1.29 is 23.8 Å². The lowest BCUT2D eigenvalue weighted by atomic mass is 9.90. The molecule has 0 unspecified atom stereocenters. The van der Waals surface area contributed by atoms with Gasteiger partial charge in [-0.05, 0) is 43.2 Å². The number of nitrogens with one attached hydrogen (secondary N) is 2. The lowest BCUT2D eigenvalue weighted by Crippen LogP contribution is -2.54. The fourth-order valence-electron chi connectivity index (χ4n) is 2.97. The number of nitrogens with two attached hydrogens (primary N) is 1. The monoisotopic (exact) mass is 435 g/mol. The summed E-state index contributed by atoms with van der Waals surface area (Å²) in [6.07, 6.45) is 0.936. The number of ether oxygens (including phenoxy) is 3. The van der Waals surface area contributed by atoms with Gasteiger partial charge in [-0.15, -0.1) is 12.4 Å². The zero-order valence-corrected chi connectivity index (χ0v) is 17.5. The first-order valence-electron chi connectivity index (χ1n) is 9.34. The van der Waals surface area contributed by atoms with Crippen molar-refractivity contribution in [1.82, 2.24) is 0 Å². The highest BCUT2D eigenvalue weighted by Crippen LogP contribution is 2.26. The number of rotatable bonds is 7. The van der Waals surface area contributed by atoms with Crippen molar-refractivity contribution in [3.63, 3.8) is 0 Å². The summed E-state index contributed by atoms with van der Waals surface area (Å²) < 4.78 is 16.0. The fourth-order valence-corrected chi connectivity index (χ4v) is 2.97. The Bertz CT molecular complexity index is 871. The van der Waals surface area contributed by atoms with Gasteiger partial charge < -0.3 is 30.6 Å². The molecule has 9 heteroatoms. The van der Waals surface area contributed by atoms with Gasteiger partial charge >= 0.3 is 0 Å². The number of anilines is 2. The Kier molecular flexibility index (Phi) is 8.46. The Morgan fingerprint density at radius 1 is 1.03 bits per heavy atom. The van der Waals surface area contributed by atoms with Crippen molar-refractivity contribution in [3.8, 4) is 11.5 Å². The third kappa shape index (κ3) is 6.09. The van der Waals surface area contributed by atoms with Gasteiger partial charge in [-0.25, -0.2) is 0 Å². The smallest absolute Gasteiger partial charge is 0.262 e. The van der Waals surface area contributed by atoms with Gasteiger partial charge in [0.1, 0.15) is 5.54 Å². The second kappa shape index (κ2) is 10.8. The predicted molar refractivity (Wildman–Crippen MR) is 116 cm³/mol. The molecule has 30 heavy (non-hydrogen) atoms. The second-order valence-electron chi connectivity index (χ2n) is 6.79. The highest BCUT2D eigenvalue weighted by atomic mass is 35.5. The van der Waals surface area contributed by atoms with Crippen LogP contribution in [0.3, 0.4) is 0 Å². The molecule has 4 N–H and O–H groups in total. The van der Waals surface area contributed by atoms with E-state index in [0.717, 1.165) is 0 Å². The maximum absolute atomic E-state index is 12.5. The van der Waals surface area contributed by atoms with E-state index < -0.39 is 5.54 Å². The number of amides is 2. The fraction of sp³-hybridized carbons (Fsp3) is 0.333. The van der Waals surface area contributed by atoms with E-state index in [4.69, 9.17) is 19.9 Å². The van der Waals surface area contributed by atoms with Crippen molar-refractivity contribution in [2.24, 2.45) is 5.73 Å². The summed E-state index contributed by atoms with van der Waals surface area (Å²) >= 11 is 0. The predicted octanol–water partition coefficient (Wildman–Crippen LogP) is 2.58. The van der Waals surface area contributed by atoms with Gasteiger partial charge in [0.25, 0.3) is 5.91 Å². The second-order valence-corrected chi connectivity index (χ2v) is 6.79. The minimum absolute atomic E-state index is 0. The van der Waals surface area contributed by atoms with E-state index in [9.17, 15) is 9.59 Å². The molecule has 1 aliphatic rings. The molecule has 162 valence electrons. The van der Waals surface area contributed by atoms with Crippen LogP contribution in [0.2, 0.25) is 0 Å². The standard InChI is InChI=1S/C21H25N3O5.ClH/c1-27-17-7-2-3-8-18(17)29-14-19(25)23-15-5-4-6-16(13-15)24-20(26)21(22)9-11-28-12-10-21;/h2-8,13H,9-12,14,22H2,1H3,(H,23,25)(H,24,26);1H. The molecule has 0 bridgehead atoms. The van der Waals surface area contributed by atoms with E-state index >= 15 is 0 Å². The zero-order valence-electron chi connectivity index (χ0n) is 16.7. The number of hydrogen-bond acceptors (Lipinski definition) is 6. The van der Waals surface area contributed by atoms with Crippen LogP contribution in [0.15, 0.2) is 48.5 Å². The molecule has 0 aromatic heterocycles. The summed E-state index contributed by atoms with van der Waals surface area (Å²) in [6, 6.07) is 14.0. The van der Waals surface area contributed by atoms with Gasteiger partial charge in [0.05, 0.1) is 7.11 Å². The summed E-state index contributed by atoms with van der Waals surface area (Å²) in [5.41, 5.74) is 6.34. The topological polar surface area (TPSA) is 112 Å². The van der Waals surface area contributed by atoms with Crippen molar-refractivity contribution >= 4 is 35.6 Å². The van der Waals surface area contributed by atoms with E-state index in [0.29, 0.717) is 48.9 Å². The molecule has 0 aliphatic carbocycles. The van der Waals surface area contributed by atoms with Gasteiger partial charge in [0, 0.05) is 24.6 Å². The van der Waals surface area contributed by atoms with Crippen molar-refractivity contribution in [2.45, 2.75) is 18.4 Å². The third-order valence-corrected chi connectivity index (χ3v) is 4.67. The Labute approximate surface area is 181 Å². The molecule has 0 spiro atoms.